The van der Waals surface area contributed by atoms with Crippen molar-refractivity contribution in [1.82, 2.24) is 5.32 Å². The minimum atomic E-state index is -0.125. The van der Waals surface area contributed by atoms with E-state index in [-0.39, 0.29) is 11.6 Å². The maximum absolute atomic E-state index is 6.09. The molecule has 0 heterocycles. The predicted molar refractivity (Wildman–Crippen MR) is 80.5 cm³/mol. The Kier molecular flexibility index (Phi) is 6.40. The van der Waals surface area contributed by atoms with Crippen LogP contribution >= 0.6 is 23.2 Å². The standard InChI is InChI=1S/C14H21Cl2NO2/c1-14(2,3)17-8-11(9-18-4)19-13-7-10(15)5-6-12(13)16/h5-7,11,17H,8-9H2,1-4H3. The lowest BCUT2D eigenvalue weighted by molar-refractivity contribution is 0.0765. The summed E-state index contributed by atoms with van der Waals surface area (Å²) in [5.74, 6) is 0.576. The van der Waals surface area contributed by atoms with Gasteiger partial charge in [0.25, 0.3) is 0 Å². The molecular formula is C14H21Cl2NO2. The van der Waals surface area contributed by atoms with Gasteiger partial charge < -0.3 is 14.8 Å². The van der Waals surface area contributed by atoms with Gasteiger partial charge in [0, 0.05) is 30.3 Å². The van der Waals surface area contributed by atoms with Crippen LogP contribution in [-0.4, -0.2) is 31.9 Å². The highest BCUT2D eigenvalue weighted by molar-refractivity contribution is 6.34. The van der Waals surface area contributed by atoms with E-state index in [4.69, 9.17) is 32.7 Å². The molecule has 1 unspecified atom stereocenters. The van der Waals surface area contributed by atoms with E-state index in [1.54, 1.807) is 25.3 Å². The van der Waals surface area contributed by atoms with E-state index < -0.39 is 0 Å². The molecule has 19 heavy (non-hydrogen) atoms. The lowest BCUT2D eigenvalue weighted by Gasteiger charge is -2.26. The lowest BCUT2D eigenvalue weighted by Crippen LogP contribution is -2.44. The van der Waals surface area contributed by atoms with Gasteiger partial charge >= 0.3 is 0 Å². The van der Waals surface area contributed by atoms with Gasteiger partial charge in [-0.3, -0.25) is 0 Å². The second-order valence-corrected chi connectivity index (χ2v) is 6.24. The van der Waals surface area contributed by atoms with Crippen LogP contribution in [0, 0.1) is 0 Å². The second-order valence-electron chi connectivity index (χ2n) is 5.40. The molecule has 0 fully saturated rings. The topological polar surface area (TPSA) is 30.5 Å². The third-order valence-corrected chi connectivity index (χ3v) is 2.95. The van der Waals surface area contributed by atoms with Gasteiger partial charge in [-0.25, -0.2) is 0 Å². The number of ether oxygens (including phenoxy) is 2. The Labute approximate surface area is 125 Å². The molecule has 5 heteroatoms. The van der Waals surface area contributed by atoms with E-state index in [9.17, 15) is 0 Å². The minimum Gasteiger partial charge on any atom is -0.485 e. The largest absolute Gasteiger partial charge is 0.485 e. The number of hydrogen-bond acceptors (Lipinski definition) is 3. The zero-order chi connectivity index (χ0) is 14.5. The van der Waals surface area contributed by atoms with Crippen molar-refractivity contribution in [3.05, 3.63) is 28.2 Å². The molecule has 0 saturated carbocycles. The van der Waals surface area contributed by atoms with E-state index in [2.05, 4.69) is 26.1 Å². The number of rotatable bonds is 6. The number of methoxy groups -OCH3 is 1. The summed E-state index contributed by atoms with van der Waals surface area (Å²) >= 11 is 12.0. The molecule has 0 aromatic heterocycles. The fraction of sp³-hybridized carbons (Fsp3) is 0.571. The van der Waals surface area contributed by atoms with Gasteiger partial charge in [-0.1, -0.05) is 23.2 Å². The highest BCUT2D eigenvalue weighted by Gasteiger charge is 2.16. The molecule has 0 amide bonds. The third kappa shape index (κ3) is 6.48. The molecule has 1 aromatic rings. The van der Waals surface area contributed by atoms with E-state index in [1.807, 2.05) is 0 Å². The highest BCUT2D eigenvalue weighted by atomic mass is 35.5. The van der Waals surface area contributed by atoms with Gasteiger partial charge in [-0.05, 0) is 32.9 Å². The molecule has 1 N–H and O–H groups in total. The van der Waals surface area contributed by atoms with Crippen molar-refractivity contribution in [2.24, 2.45) is 0 Å². The first-order chi connectivity index (χ1) is 8.81. The Balaban J connectivity index is 2.69. The van der Waals surface area contributed by atoms with Crippen molar-refractivity contribution >= 4 is 23.2 Å². The summed E-state index contributed by atoms with van der Waals surface area (Å²) < 4.78 is 11.0. The van der Waals surface area contributed by atoms with Gasteiger partial charge in [-0.15, -0.1) is 0 Å². The quantitative estimate of drug-likeness (QED) is 0.867. The molecule has 0 spiro atoms. The Hall–Kier alpha value is -0.480. The molecule has 0 aliphatic carbocycles. The Bertz CT molecular complexity index is 405. The van der Waals surface area contributed by atoms with Crippen molar-refractivity contribution < 1.29 is 9.47 Å². The van der Waals surface area contributed by atoms with Gasteiger partial charge in [0.15, 0.2) is 0 Å². The van der Waals surface area contributed by atoms with Gasteiger partial charge in [-0.2, -0.15) is 0 Å². The number of nitrogens with one attached hydrogen (secondary N) is 1. The highest BCUT2D eigenvalue weighted by Crippen LogP contribution is 2.28. The molecule has 0 radical (unpaired) electrons. The molecule has 1 aromatic carbocycles. The molecule has 1 atom stereocenters. The molecule has 0 aliphatic heterocycles. The van der Waals surface area contributed by atoms with Crippen molar-refractivity contribution in [2.75, 3.05) is 20.3 Å². The van der Waals surface area contributed by atoms with E-state index in [0.29, 0.717) is 28.9 Å². The summed E-state index contributed by atoms with van der Waals surface area (Å²) in [6, 6.07) is 5.17. The van der Waals surface area contributed by atoms with Crippen molar-refractivity contribution in [3.8, 4) is 5.75 Å². The number of benzene rings is 1. The summed E-state index contributed by atoms with van der Waals surface area (Å²) in [4.78, 5) is 0. The number of halogens is 2. The molecule has 108 valence electrons. The summed E-state index contributed by atoms with van der Waals surface area (Å²) in [5.41, 5.74) is 0.0213. The monoisotopic (exact) mass is 305 g/mol. The first kappa shape index (κ1) is 16.6. The van der Waals surface area contributed by atoms with Crippen LogP contribution in [0.25, 0.3) is 0 Å². The predicted octanol–water partition coefficient (Wildman–Crippen LogP) is 3.78. The average Bonchev–Trinajstić information content (AvgIpc) is 2.30. The fourth-order valence-corrected chi connectivity index (χ4v) is 1.81. The van der Waals surface area contributed by atoms with E-state index >= 15 is 0 Å². The summed E-state index contributed by atoms with van der Waals surface area (Å²) in [7, 11) is 1.65. The summed E-state index contributed by atoms with van der Waals surface area (Å²) in [5, 5.41) is 4.52. The SMILES string of the molecule is COCC(CNC(C)(C)C)Oc1cc(Cl)ccc1Cl. The minimum absolute atomic E-state index is 0.0213. The van der Waals surface area contributed by atoms with Gasteiger partial charge in [0.05, 0.1) is 11.6 Å². The first-order valence-electron chi connectivity index (χ1n) is 6.17. The zero-order valence-corrected chi connectivity index (χ0v) is 13.3. The lowest BCUT2D eigenvalue weighted by atomic mass is 10.1. The molecular weight excluding hydrogens is 285 g/mol. The van der Waals surface area contributed by atoms with E-state index in [1.165, 1.54) is 0 Å². The second kappa shape index (κ2) is 7.34. The Morgan fingerprint density at radius 1 is 1.26 bits per heavy atom. The van der Waals surface area contributed by atoms with Crippen LogP contribution in [-0.2, 0) is 4.74 Å². The van der Waals surface area contributed by atoms with Gasteiger partial charge in [0.2, 0.25) is 0 Å². The fourth-order valence-electron chi connectivity index (χ4n) is 1.49. The van der Waals surface area contributed by atoms with Crippen LogP contribution in [0.1, 0.15) is 20.8 Å². The van der Waals surface area contributed by atoms with Crippen molar-refractivity contribution in [1.29, 1.82) is 0 Å². The molecule has 1 rings (SSSR count). The Morgan fingerprint density at radius 2 is 1.95 bits per heavy atom. The number of hydrogen-bond donors (Lipinski definition) is 1. The Morgan fingerprint density at radius 3 is 2.53 bits per heavy atom. The van der Waals surface area contributed by atoms with Crippen molar-refractivity contribution in [2.45, 2.75) is 32.4 Å². The van der Waals surface area contributed by atoms with E-state index in [0.717, 1.165) is 0 Å². The van der Waals surface area contributed by atoms with Gasteiger partial charge in [0.1, 0.15) is 11.9 Å². The smallest absolute Gasteiger partial charge is 0.139 e. The average molecular weight is 306 g/mol. The molecule has 0 saturated heterocycles. The van der Waals surface area contributed by atoms with Crippen LogP contribution < -0.4 is 10.1 Å². The van der Waals surface area contributed by atoms with Crippen LogP contribution in [0.2, 0.25) is 10.0 Å². The first-order valence-corrected chi connectivity index (χ1v) is 6.93. The van der Waals surface area contributed by atoms with Crippen LogP contribution in [0.15, 0.2) is 18.2 Å². The normalized spacial score (nSPS) is 13.4. The maximum atomic E-state index is 6.09. The maximum Gasteiger partial charge on any atom is 0.139 e. The molecule has 0 bridgehead atoms. The zero-order valence-electron chi connectivity index (χ0n) is 11.8. The van der Waals surface area contributed by atoms with Crippen LogP contribution in [0.3, 0.4) is 0 Å². The molecule has 0 aliphatic rings. The third-order valence-electron chi connectivity index (χ3n) is 2.40. The van der Waals surface area contributed by atoms with Crippen molar-refractivity contribution in [3.63, 3.8) is 0 Å². The van der Waals surface area contributed by atoms with Crippen LogP contribution in [0.5, 0.6) is 5.75 Å². The summed E-state index contributed by atoms with van der Waals surface area (Å²) in [6.07, 6.45) is -0.125. The van der Waals surface area contributed by atoms with Crippen LogP contribution in [0.4, 0.5) is 0 Å². The summed E-state index contributed by atoms with van der Waals surface area (Å²) in [6.45, 7) is 7.45. The molecule has 3 nitrogen and oxygen atoms in total.